The molecule has 0 radical (unpaired) electrons. The fraction of sp³-hybridized carbons (Fsp3) is 0.571. The van der Waals surface area contributed by atoms with Gasteiger partial charge in [-0.05, 0) is 37.0 Å². The highest BCUT2D eigenvalue weighted by atomic mass is 15.1. The van der Waals surface area contributed by atoms with Crippen molar-refractivity contribution in [3.8, 4) is 0 Å². The maximum absolute atomic E-state index is 5.94. The molecule has 1 unspecified atom stereocenters. The molecule has 90 valence electrons. The van der Waals surface area contributed by atoms with Crippen molar-refractivity contribution in [2.75, 3.05) is 17.7 Å². The van der Waals surface area contributed by atoms with Crippen LogP contribution < -0.4 is 10.6 Å². The lowest BCUT2D eigenvalue weighted by molar-refractivity contribution is 0.329. The molecule has 0 saturated carbocycles. The number of nitrogens with two attached hydrogens (primary N) is 1. The van der Waals surface area contributed by atoms with Crippen LogP contribution in [-0.4, -0.2) is 13.1 Å². The molecule has 1 aromatic carbocycles. The Hall–Kier alpha value is -1.18. The van der Waals surface area contributed by atoms with Gasteiger partial charge in [0.2, 0.25) is 0 Å². The Morgan fingerprint density at radius 3 is 2.31 bits per heavy atom. The van der Waals surface area contributed by atoms with Crippen LogP contribution in [0, 0.1) is 12.3 Å². The SMILES string of the molecule is Cc1c(N)cccc1N(C)C(C)C(C)(C)C. The Bertz CT molecular complexity index is 363. The van der Waals surface area contributed by atoms with Crippen molar-refractivity contribution in [3.63, 3.8) is 0 Å². The highest BCUT2D eigenvalue weighted by Gasteiger charge is 2.24. The quantitative estimate of drug-likeness (QED) is 0.773. The Labute approximate surface area is 99.5 Å². The fourth-order valence-corrected chi connectivity index (χ4v) is 1.81. The molecule has 2 nitrogen and oxygen atoms in total. The second kappa shape index (κ2) is 4.36. The van der Waals surface area contributed by atoms with E-state index in [0.717, 1.165) is 5.69 Å². The van der Waals surface area contributed by atoms with Gasteiger partial charge in [0.15, 0.2) is 0 Å². The number of hydrogen-bond donors (Lipinski definition) is 1. The zero-order valence-electron chi connectivity index (χ0n) is 11.3. The summed E-state index contributed by atoms with van der Waals surface area (Å²) in [4.78, 5) is 2.31. The molecule has 0 heterocycles. The van der Waals surface area contributed by atoms with Crippen molar-refractivity contribution >= 4 is 11.4 Å². The summed E-state index contributed by atoms with van der Waals surface area (Å²) < 4.78 is 0. The number of benzene rings is 1. The maximum Gasteiger partial charge on any atom is 0.0416 e. The first-order valence-electron chi connectivity index (χ1n) is 5.83. The molecule has 0 bridgehead atoms. The summed E-state index contributed by atoms with van der Waals surface area (Å²) in [6.45, 7) is 11.1. The van der Waals surface area contributed by atoms with Gasteiger partial charge in [0.25, 0.3) is 0 Å². The first-order chi connectivity index (χ1) is 7.25. The van der Waals surface area contributed by atoms with Crippen molar-refractivity contribution in [2.24, 2.45) is 5.41 Å². The van der Waals surface area contributed by atoms with Gasteiger partial charge < -0.3 is 10.6 Å². The van der Waals surface area contributed by atoms with Crippen LogP contribution >= 0.6 is 0 Å². The lowest BCUT2D eigenvalue weighted by Crippen LogP contribution is -2.39. The van der Waals surface area contributed by atoms with Gasteiger partial charge in [-0.2, -0.15) is 0 Å². The molecule has 16 heavy (non-hydrogen) atoms. The second-order valence-electron chi connectivity index (χ2n) is 5.64. The van der Waals surface area contributed by atoms with E-state index in [9.17, 15) is 0 Å². The molecule has 0 spiro atoms. The van der Waals surface area contributed by atoms with Crippen LogP contribution in [0.2, 0.25) is 0 Å². The van der Waals surface area contributed by atoms with Crippen molar-refractivity contribution in [1.82, 2.24) is 0 Å². The predicted octanol–water partition coefficient (Wildman–Crippen LogP) is 3.45. The number of nitrogen functional groups attached to an aromatic ring is 1. The summed E-state index contributed by atoms with van der Waals surface area (Å²) in [5.74, 6) is 0. The first-order valence-corrected chi connectivity index (χ1v) is 5.83. The van der Waals surface area contributed by atoms with Gasteiger partial charge in [-0.15, -0.1) is 0 Å². The lowest BCUT2D eigenvalue weighted by atomic mass is 9.86. The zero-order chi connectivity index (χ0) is 12.5. The summed E-state index contributed by atoms with van der Waals surface area (Å²) in [5.41, 5.74) is 9.46. The topological polar surface area (TPSA) is 29.3 Å². The van der Waals surface area contributed by atoms with Crippen LogP contribution in [0.1, 0.15) is 33.3 Å². The standard InChI is InChI=1S/C14H24N2/c1-10-12(15)8-7-9-13(10)16(6)11(2)14(3,4)5/h7-9,11H,15H2,1-6H3. The first kappa shape index (κ1) is 12.9. The van der Waals surface area contributed by atoms with Gasteiger partial charge >= 0.3 is 0 Å². The van der Waals surface area contributed by atoms with E-state index in [4.69, 9.17) is 5.73 Å². The summed E-state index contributed by atoms with van der Waals surface area (Å²) in [6.07, 6.45) is 0. The van der Waals surface area contributed by atoms with E-state index < -0.39 is 0 Å². The highest BCUT2D eigenvalue weighted by molar-refractivity contribution is 5.64. The van der Waals surface area contributed by atoms with Gasteiger partial charge in [-0.1, -0.05) is 26.8 Å². The van der Waals surface area contributed by atoms with E-state index in [2.05, 4.69) is 52.6 Å². The molecule has 1 atom stereocenters. The van der Waals surface area contributed by atoms with Crippen LogP contribution in [0.4, 0.5) is 11.4 Å². The van der Waals surface area contributed by atoms with E-state index in [0.29, 0.717) is 6.04 Å². The molecule has 1 aromatic rings. The largest absolute Gasteiger partial charge is 0.398 e. The number of nitrogens with zero attached hydrogens (tertiary/aromatic N) is 1. The second-order valence-corrected chi connectivity index (χ2v) is 5.64. The molecule has 0 aliphatic rings. The Kier molecular flexibility index (Phi) is 3.51. The average molecular weight is 220 g/mol. The maximum atomic E-state index is 5.94. The molecule has 2 heteroatoms. The third kappa shape index (κ3) is 2.49. The van der Waals surface area contributed by atoms with Crippen LogP contribution in [0.25, 0.3) is 0 Å². The lowest BCUT2D eigenvalue weighted by Gasteiger charge is -2.37. The minimum atomic E-state index is 0.256. The summed E-state index contributed by atoms with van der Waals surface area (Å²) in [5, 5.41) is 0. The summed E-state index contributed by atoms with van der Waals surface area (Å²) in [6, 6.07) is 6.57. The fourth-order valence-electron chi connectivity index (χ4n) is 1.81. The zero-order valence-corrected chi connectivity index (χ0v) is 11.3. The van der Waals surface area contributed by atoms with E-state index in [1.807, 2.05) is 12.1 Å². The van der Waals surface area contributed by atoms with Crippen LogP contribution in [0.5, 0.6) is 0 Å². The van der Waals surface area contributed by atoms with Crippen LogP contribution in [0.15, 0.2) is 18.2 Å². The van der Waals surface area contributed by atoms with E-state index in [1.165, 1.54) is 11.3 Å². The predicted molar refractivity (Wildman–Crippen MR) is 72.9 cm³/mol. The molecule has 0 aromatic heterocycles. The van der Waals surface area contributed by atoms with Crippen molar-refractivity contribution in [2.45, 2.75) is 40.7 Å². The van der Waals surface area contributed by atoms with Gasteiger partial charge in [0, 0.05) is 24.5 Å². The molecule has 0 fully saturated rings. The van der Waals surface area contributed by atoms with Gasteiger partial charge in [0.05, 0.1) is 0 Å². The Morgan fingerprint density at radius 2 is 1.81 bits per heavy atom. The smallest absolute Gasteiger partial charge is 0.0416 e. The van der Waals surface area contributed by atoms with Crippen molar-refractivity contribution in [3.05, 3.63) is 23.8 Å². The van der Waals surface area contributed by atoms with Gasteiger partial charge in [-0.3, -0.25) is 0 Å². The van der Waals surface area contributed by atoms with Gasteiger partial charge in [0.1, 0.15) is 0 Å². The van der Waals surface area contributed by atoms with E-state index >= 15 is 0 Å². The summed E-state index contributed by atoms with van der Waals surface area (Å²) in [7, 11) is 2.14. The summed E-state index contributed by atoms with van der Waals surface area (Å²) >= 11 is 0. The average Bonchev–Trinajstić information content (AvgIpc) is 2.18. The van der Waals surface area contributed by atoms with Crippen molar-refractivity contribution < 1.29 is 0 Å². The molecule has 0 saturated heterocycles. The monoisotopic (exact) mass is 220 g/mol. The molecular weight excluding hydrogens is 196 g/mol. The van der Waals surface area contributed by atoms with Crippen molar-refractivity contribution in [1.29, 1.82) is 0 Å². The molecule has 0 amide bonds. The number of anilines is 2. The molecule has 2 N–H and O–H groups in total. The molecular formula is C14H24N2. The van der Waals surface area contributed by atoms with Crippen LogP contribution in [-0.2, 0) is 0 Å². The molecule has 0 aliphatic heterocycles. The normalized spacial score (nSPS) is 13.6. The highest BCUT2D eigenvalue weighted by Crippen LogP contribution is 2.30. The third-order valence-electron chi connectivity index (χ3n) is 3.56. The third-order valence-corrected chi connectivity index (χ3v) is 3.56. The minimum Gasteiger partial charge on any atom is -0.398 e. The van der Waals surface area contributed by atoms with E-state index in [-0.39, 0.29) is 5.41 Å². The molecule has 0 aliphatic carbocycles. The van der Waals surface area contributed by atoms with Gasteiger partial charge in [-0.25, -0.2) is 0 Å². The minimum absolute atomic E-state index is 0.256. The Morgan fingerprint density at radius 1 is 1.25 bits per heavy atom. The number of rotatable bonds is 2. The van der Waals surface area contributed by atoms with Crippen LogP contribution in [0.3, 0.4) is 0 Å². The van der Waals surface area contributed by atoms with E-state index in [1.54, 1.807) is 0 Å². The molecule has 1 rings (SSSR count). The number of hydrogen-bond acceptors (Lipinski definition) is 2. The Balaban J connectivity index is 3.06.